The van der Waals surface area contributed by atoms with E-state index >= 15 is 0 Å². The van der Waals surface area contributed by atoms with Crippen LogP contribution in [-0.4, -0.2) is 29.9 Å². The van der Waals surface area contributed by atoms with Crippen molar-refractivity contribution in [2.24, 2.45) is 21.8 Å². The van der Waals surface area contributed by atoms with Gasteiger partial charge in [-0.3, -0.25) is 9.98 Å². The van der Waals surface area contributed by atoms with Gasteiger partial charge in [0, 0.05) is 29.5 Å². The number of hydrogen-bond acceptors (Lipinski definition) is 4. The topological polar surface area (TPSA) is 46.8 Å². The zero-order valence-electron chi connectivity index (χ0n) is 17.1. The van der Waals surface area contributed by atoms with Crippen molar-refractivity contribution in [2.45, 2.75) is 45.5 Å². The van der Waals surface area contributed by atoms with Gasteiger partial charge >= 0.3 is 12.4 Å². The number of allylic oxidation sites excluding steroid dienone is 3. The molecule has 4 nitrogen and oxygen atoms in total. The predicted octanol–water partition coefficient (Wildman–Crippen LogP) is 6.21. The van der Waals surface area contributed by atoms with E-state index in [4.69, 9.17) is 4.74 Å². The van der Waals surface area contributed by atoms with E-state index in [9.17, 15) is 26.3 Å². The molecule has 168 valence electrons. The molecule has 31 heavy (non-hydrogen) atoms. The summed E-state index contributed by atoms with van der Waals surface area (Å²) in [5, 5.41) is 0. The number of hydrogen-bond donors (Lipinski definition) is 0. The van der Waals surface area contributed by atoms with Crippen molar-refractivity contribution in [1.82, 2.24) is 4.98 Å². The predicted molar refractivity (Wildman–Crippen MR) is 104 cm³/mol. The van der Waals surface area contributed by atoms with Crippen molar-refractivity contribution < 1.29 is 31.1 Å². The van der Waals surface area contributed by atoms with Crippen LogP contribution in [0.15, 0.2) is 45.7 Å². The molecule has 0 saturated heterocycles. The fourth-order valence-corrected chi connectivity index (χ4v) is 3.60. The average Bonchev–Trinajstić information content (AvgIpc) is 2.84. The van der Waals surface area contributed by atoms with Gasteiger partial charge in [-0.25, -0.2) is 4.99 Å². The first-order valence-corrected chi connectivity index (χ1v) is 9.67. The molecule has 0 aromatic carbocycles. The van der Waals surface area contributed by atoms with E-state index in [1.54, 1.807) is 19.9 Å². The summed E-state index contributed by atoms with van der Waals surface area (Å²) in [4.78, 5) is 11.7. The first kappa shape index (κ1) is 23.0. The summed E-state index contributed by atoms with van der Waals surface area (Å²) >= 11 is 0. The smallest absolute Gasteiger partial charge is 0.433 e. The maximum atomic E-state index is 13.9. The molecule has 2 atom stereocenters. The minimum atomic E-state index is -4.72. The Hall–Kier alpha value is -2.65. The van der Waals surface area contributed by atoms with Gasteiger partial charge < -0.3 is 4.74 Å². The van der Waals surface area contributed by atoms with Crippen LogP contribution in [0.25, 0.3) is 5.70 Å². The van der Waals surface area contributed by atoms with E-state index in [-0.39, 0.29) is 35.9 Å². The van der Waals surface area contributed by atoms with Gasteiger partial charge in [-0.2, -0.15) is 26.3 Å². The molecule has 3 heterocycles. The van der Waals surface area contributed by atoms with Gasteiger partial charge in [0.05, 0.1) is 12.8 Å². The average molecular weight is 445 g/mol. The Morgan fingerprint density at radius 1 is 0.968 bits per heavy atom. The van der Waals surface area contributed by atoms with Crippen molar-refractivity contribution in [3.05, 3.63) is 46.9 Å². The summed E-state index contributed by atoms with van der Waals surface area (Å²) in [5.41, 5.74) is -1.27. The molecule has 0 aliphatic carbocycles. The van der Waals surface area contributed by atoms with Gasteiger partial charge in [-0.05, 0) is 36.8 Å². The van der Waals surface area contributed by atoms with Crippen LogP contribution in [0.3, 0.4) is 0 Å². The maximum absolute atomic E-state index is 13.9. The number of fused-ring (bicyclic) bond motifs is 1. The number of nitrogens with zero attached hydrogens (tertiary/aromatic N) is 3. The Bertz CT molecular complexity index is 955. The molecule has 0 N–H and O–H groups in total. The lowest BCUT2D eigenvalue weighted by atomic mass is 9.84. The number of pyridine rings is 1. The molecule has 1 aromatic heterocycles. The normalized spacial score (nSPS) is 25.4. The van der Waals surface area contributed by atoms with Crippen molar-refractivity contribution in [1.29, 1.82) is 0 Å². The third kappa shape index (κ3) is 4.99. The molecule has 2 aliphatic heterocycles. The van der Waals surface area contributed by atoms with E-state index < -0.39 is 29.7 Å². The molecular weight excluding hydrogens is 424 g/mol. The zero-order valence-corrected chi connectivity index (χ0v) is 17.1. The lowest BCUT2D eigenvalue weighted by Gasteiger charge is -2.26. The van der Waals surface area contributed by atoms with Crippen molar-refractivity contribution in [2.75, 3.05) is 7.11 Å². The van der Waals surface area contributed by atoms with Gasteiger partial charge in [0.2, 0.25) is 0 Å². The van der Waals surface area contributed by atoms with Crippen molar-refractivity contribution in [3.63, 3.8) is 0 Å². The molecule has 3 rings (SSSR count). The molecule has 0 fully saturated rings. The number of ether oxygens (including phenoxy) is 1. The lowest BCUT2D eigenvalue weighted by molar-refractivity contribution is -0.141. The third-order valence-electron chi connectivity index (χ3n) is 5.28. The van der Waals surface area contributed by atoms with Crippen LogP contribution in [0.5, 0.6) is 0 Å². The highest BCUT2D eigenvalue weighted by atomic mass is 19.4. The number of methoxy groups -OCH3 is 1. The monoisotopic (exact) mass is 445 g/mol. The van der Waals surface area contributed by atoms with E-state index in [2.05, 4.69) is 15.0 Å². The van der Waals surface area contributed by atoms with Gasteiger partial charge in [0.25, 0.3) is 0 Å². The highest BCUT2D eigenvalue weighted by Gasteiger charge is 2.42. The molecule has 1 aromatic rings. The number of aliphatic imine (C=N–C) groups is 2. The van der Waals surface area contributed by atoms with Gasteiger partial charge in [0.15, 0.2) is 11.6 Å². The van der Waals surface area contributed by atoms with E-state index in [1.165, 1.54) is 13.2 Å². The molecule has 0 radical (unpaired) electrons. The molecule has 2 aliphatic rings. The molecule has 2 unspecified atom stereocenters. The Labute approximate surface area is 175 Å². The molecule has 10 heteroatoms. The maximum Gasteiger partial charge on any atom is 0.433 e. The minimum Gasteiger partial charge on any atom is -0.484 e. The molecule has 0 saturated carbocycles. The zero-order chi connectivity index (χ0) is 23.0. The van der Waals surface area contributed by atoms with Crippen LogP contribution >= 0.6 is 0 Å². The standard InChI is InChI=1S/C21H21F6N3O/c1-11-4-7-14(13-6-8-15(28-10-13)20(22,23)24)29-18-12(2)5-9-16(31-3)30-19(17(11)18)21(25,26)27/h6-8,10-12H,4-5,9H2,1-3H3/b19-17-,30-16?. The summed E-state index contributed by atoms with van der Waals surface area (Å²) in [6.45, 7) is 3.42. The first-order valence-electron chi connectivity index (χ1n) is 9.67. The SMILES string of the molecule is COC1=N/C(C(F)(F)F)=C2\C(=NC(c3ccc(C(F)(F)F)nc3)=CCC2C)C(C)CC1. The quantitative estimate of drug-likeness (QED) is 0.483. The Morgan fingerprint density at radius 3 is 2.23 bits per heavy atom. The number of rotatable bonds is 1. The van der Waals surface area contributed by atoms with Crippen molar-refractivity contribution in [3.8, 4) is 0 Å². The summed E-state index contributed by atoms with van der Waals surface area (Å²) < 4.78 is 85.3. The van der Waals surface area contributed by atoms with Gasteiger partial charge in [-0.15, -0.1) is 0 Å². The number of alkyl halides is 6. The second kappa shape index (κ2) is 8.47. The van der Waals surface area contributed by atoms with Crippen molar-refractivity contribution >= 4 is 17.3 Å². The summed E-state index contributed by atoms with van der Waals surface area (Å²) in [6.07, 6.45) is -5.75. The third-order valence-corrected chi connectivity index (χ3v) is 5.28. The van der Waals surface area contributed by atoms with Crippen LogP contribution < -0.4 is 0 Å². The Kier molecular flexibility index (Phi) is 6.29. The lowest BCUT2D eigenvalue weighted by Crippen LogP contribution is -2.27. The fourth-order valence-electron chi connectivity index (χ4n) is 3.60. The van der Waals surface area contributed by atoms with E-state index in [0.717, 1.165) is 12.3 Å². The highest BCUT2D eigenvalue weighted by molar-refractivity contribution is 6.06. The minimum absolute atomic E-state index is 0.00212. The van der Waals surface area contributed by atoms with Gasteiger partial charge in [-0.1, -0.05) is 19.9 Å². The van der Waals surface area contributed by atoms with E-state index in [1.807, 2.05) is 0 Å². The molecule has 0 amide bonds. The largest absolute Gasteiger partial charge is 0.484 e. The molecule has 0 spiro atoms. The second-order valence-corrected chi connectivity index (χ2v) is 7.56. The first-order chi connectivity index (χ1) is 14.4. The molecular formula is C21H21F6N3O. The van der Waals surface area contributed by atoms with Gasteiger partial charge in [0.1, 0.15) is 5.69 Å². The van der Waals surface area contributed by atoms with Crippen LogP contribution in [0, 0.1) is 11.8 Å². The second-order valence-electron chi connectivity index (χ2n) is 7.56. The summed E-state index contributed by atoms with van der Waals surface area (Å²) in [6, 6.07) is 2.06. The summed E-state index contributed by atoms with van der Waals surface area (Å²) in [7, 11) is 1.28. The van der Waals surface area contributed by atoms with Crippen LogP contribution in [0.4, 0.5) is 26.3 Å². The van der Waals surface area contributed by atoms with Crippen LogP contribution in [0.2, 0.25) is 0 Å². The highest BCUT2D eigenvalue weighted by Crippen LogP contribution is 2.40. The Morgan fingerprint density at radius 2 is 1.68 bits per heavy atom. The molecule has 0 bridgehead atoms. The Balaban J connectivity index is 2.17. The van der Waals surface area contributed by atoms with E-state index in [0.29, 0.717) is 17.7 Å². The van der Waals surface area contributed by atoms with Crippen LogP contribution in [0.1, 0.15) is 44.4 Å². The van der Waals surface area contributed by atoms with Crippen LogP contribution in [-0.2, 0) is 10.9 Å². The number of halogens is 6. The number of aromatic nitrogens is 1. The fraction of sp³-hybridized carbons (Fsp3) is 0.476. The summed E-state index contributed by atoms with van der Waals surface area (Å²) in [5.74, 6) is -0.903.